The molecule has 1 aliphatic rings. The molecule has 1 unspecified atom stereocenters. The van der Waals surface area contributed by atoms with Gasteiger partial charge in [-0.05, 0) is 48.9 Å². The molecule has 1 N–H and O–H groups in total. The number of aromatic nitrogens is 1. The molecule has 0 aliphatic carbocycles. The summed E-state index contributed by atoms with van der Waals surface area (Å²) in [5.41, 5.74) is 1.09. The van der Waals surface area contributed by atoms with E-state index in [0.29, 0.717) is 27.6 Å². The van der Waals surface area contributed by atoms with Crippen LogP contribution in [0.2, 0.25) is 5.02 Å². The van der Waals surface area contributed by atoms with Gasteiger partial charge >= 0.3 is 11.9 Å². The van der Waals surface area contributed by atoms with E-state index < -0.39 is 23.7 Å². The first-order valence-corrected chi connectivity index (χ1v) is 11.9. The third kappa shape index (κ3) is 4.62. The molecule has 3 aromatic rings. The van der Waals surface area contributed by atoms with Gasteiger partial charge in [-0.1, -0.05) is 47.7 Å². The van der Waals surface area contributed by atoms with Crippen molar-refractivity contribution < 1.29 is 29.0 Å². The van der Waals surface area contributed by atoms with Gasteiger partial charge in [-0.3, -0.25) is 14.5 Å². The van der Waals surface area contributed by atoms with E-state index in [9.17, 15) is 19.5 Å². The van der Waals surface area contributed by atoms with Crippen molar-refractivity contribution in [3.63, 3.8) is 0 Å². The molecule has 1 fully saturated rings. The number of benzene rings is 2. The number of ether oxygens (including phenoxy) is 2. The summed E-state index contributed by atoms with van der Waals surface area (Å²) >= 11 is 6.89. The molecule has 8 nitrogen and oxygen atoms in total. The fraction of sp³-hybridized carbons (Fsp3) is 0.154. The lowest BCUT2D eigenvalue weighted by Gasteiger charge is -2.23. The van der Waals surface area contributed by atoms with E-state index in [2.05, 4.69) is 11.6 Å². The van der Waals surface area contributed by atoms with Crippen LogP contribution in [0.5, 0.6) is 5.75 Å². The number of carbonyl (C=O) groups excluding carboxylic acids is 3. The van der Waals surface area contributed by atoms with Crippen LogP contribution in [0.4, 0.5) is 5.13 Å². The van der Waals surface area contributed by atoms with Crippen LogP contribution in [0.25, 0.3) is 5.76 Å². The van der Waals surface area contributed by atoms with Crippen molar-refractivity contribution in [2.45, 2.75) is 13.0 Å². The van der Waals surface area contributed by atoms with Gasteiger partial charge in [0.05, 0.1) is 24.4 Å². The molecule has 0 radical (unpaired) electrons. The number of aliphatic hydroxyl groups excluding tert-OH is 1. The molecule has 2 aromatic carbocycles. The summed E-state index contributed by atoms with van der Waals surface area (Å²) in [4.78, 5) is 44.8. The Morgan fingerprint density at radius 1 is 1.19 bits per heavy atom. The van der Waals surface area contributed by atoms with Crippen molar-refractivity contribution in [3.8, 4) is 5.75 Å². The first-order valence-electron chi connectivity index (χ1n) is 10.7. The van der Waals surface area contributed by atoms with Crippen molar-refractivity contribution in [2.24, 2.45) is 0 Å². The number of hydrogen-bond acceptors (Lipinski definition) is 8. The SMILES string of the molecule is C=CCOC(=O)c1sc(N2C(=O)C(=O)/C(=C(\O)c3ccc(Cl)cc3)C2c2ccc(OC)cc2)nc1C. The fourth-order valence-electron chi connectivity index (χ4n) is 3.77. The number of aliphatic hydroxyl groups is 1. The normalized spacial score (nSPS) is 16.8. The van der Waals surface area contributed by atoms with E-state index in [1.54, 1.807) is 55.5 Å². The molecule has 0 bridgehead atoms. The van der Waals surface area contributed by atoms with Crippen molar-refractivity contribution in [1.29, 1.82) is 0 Å². The topological polar surface area (TPSA) is 106 Å². The number of aryl methyl sites for hydroxylation is 1. The number of ketones is 1. The van der Waals surface area contributed by atoms with Crippen LogP contribution in [0.1, 0.15) is 32.5 Å². The van der Waals surface area contributed by atoms with Gasteiger partial charge in [0, 0.05) is 10.6 Å². The average Bonchev–Trinajstić information content (AvgIpc) is 3.39. The molecule has 0 saturated carbocycles. The van der Waals surface area contributed by atoms with Crippen LogP contribution in [-0.4, -0.2) is 41.5 Å². The number of hydrogen-bond donors (Lipinski definition) is 1. The minimum Gasteiger partial charge on any atom is -0.507 e. The van der Waals surface area contributed by atoms with E-state index in [4.69, 9.17) is 21.1 Å². The molecule has 1 atom stereocenters. The van der Waals surface area contributed by atoms with Crippen molar-refractivity contribution >= 4 is 51.5 Å². The molecular weight excluding hydrogens is 504 g/mol. The second kappa shape index (κ2) is 10.3. The lowest BCUT2D eigenvalue weighted by Crippen LogP contribution is -2.29. The molecule has 1 amide bonds. The Morgan fingerprint density at radius 2 is 1.86 bits per heavy atom. The third-order valence-corrected chi connectivity index (χ3v) is 6.89. The maximum Gasteiger partial charge on any atom is 0.350 e. The Balaban J connectivity index is 1.88. The van der Waals surface area contributed by atoms with Gasteiger partial charge in [0.2, 0.25) is 0 Å². The lowest BCUT2D eigenvalue weighted by molar-refractivity contribution is -0.132. The lowest BCUT2D eigenvalue weighted by atomic mass is 9.95. The number of halogens is 1. The highest BCUT2D eigenvalue weighted by Gasteiger charge is 2.48. The molecule has 0 spiro atoms. The van der Waals surface area contributed by atoms with Crippen LogP contribution >= 0.6 is 22.9 Å². The predicted molar refractivity (Wildman–Crippen MR) is 137 cm³/mol. The summed E-state index contributed by atoms with van der Waals surface area (Å²) in [5, 5.41) is 11.7. The maximum atomic E-state index is 13.3. The molecule has 10 heteroatoms. The molecule has 184 valence electrons. The molecular formula is C26H21ClN2O6S. The Hall–Kier alpha value is -3.95. The minimum absolute atomic E-state index is 0.0168. The summed E-state index contributed by atoms with van der Waals surface area (Å²) in [6.45, 7) is 5.15. The number of amides is 1. The summed E-state index contributed by atoms with van der Waals surface area (Å²) in [7, 11) is 1.52. The number of rotatable bonds is 7. The van der Waals surface area contributed by atoms with Crippen molar-refractivity contribution in [2.75, 3.05) is 18.6 Å². The van der Waals surface area contributed by atoms with E-state index in [1.165, 1.54) is 18.1 Å². The van der Waals surface area contributed by atoms with Gasteiger partial charge in [-0.25, -0.2) is 9.78 Å². The third-order valence-electron chi connectivity index (χ3n) is 5.50. The minimum atomic E-state index is -1.01. The zero-order valence-corrected chi connectivity index (χ0v) is 20.9. The Labute approximate surface area is 216 Å². The number of carbonyl (C=O) groups is 3. The second-order valence-electron chi connectivity index (χ2n) is 7.75. The maximum absolute atomic E-state index is 13.3. The number of esters is 1. The molecule has 1 aliphatic heterocycles. The molecule has 1 aromatic heterocycles. The second-order valence-corrected chi connectivity index (χ2v) is 9.16. The number of methoxy groups -OCH3 is 1. The van der Waals surface area contributed by atoms with E-state index in [1.807, 2.05) is 0 Å². The zero-order valence-electron chi connectivity index (χ0n) is 19.4. The van der Waals surface area contributed by atoms with Gasteiger partial charge in [0.25, 0.3) is 5.78 Å². The molecule has 1 saturated heterocycles. The van der Waals surface area contributed by atoms with Crippen molar-refractivity contribution in [3.05, 3.63) is 93.5 Å². The first-order chi connectivity index (χ1) is 17.3. The Kier molecular flexibility index (Phi) is 7.23. The fourth-order valence-corrected chi connectivity index (χ4v) is 4.88. The molecule has 4 rings (SSSR count). The van der Waals surface area contributed by atoms with Crippen LogP contribution in [0.3, 0.4) is 0 Å². The average molecular weight is 525 g/mol. The largest absolute Gasteiger partial charge is 0.507 e. The highest BCUT2D eigenvalue weighted by atomic mass is 35.5. The predicted octanol–water partition coefficient (Wildman–Crippen LogP) is 5.08. The Bertz CT molecular complexity index is 1380. The summed E-state index contributed by atoms with van der Waals surface area (Å²) < 4.78 is 10.3. The summed E-state index contributed by atoms with van der Waals surface area (Å²) in [6.07, 6.45) is 1.44. The van der Waals surface area contributed by atoms with Gasteiger partial charge in [-0.15, -0.1) is 0 Å². The quantitative estimate of drug-likeness (QED) is 0.151. The van der Waals surface area contributed by atoms with E-state index in [0.717, 1.165) is 11.3 Å². The van der Waals surface area contributed by atoms with Crippen LogP contribution in [0.15, 0.2) is 66.8 Å². The number of thiazole rings is 1. The monoisotopic (exact) mass is 524 g/mol. The standard InChI is InChI=1S/C26H21ClN2O6S/c1-4-13-35-25(33)23-14(2)28-26(36-23)29-20(15-7-11-18(34-3)12-8-15)19(22(31)24(29)32)21(30)16-5-9-17(27)10-6-16/h4-12,20,30H,1,13H2,2-3H3/b21-19-. The summed E-state index contributed by atoms with van der Waals surface area (Å²) in [5.74, 6) is -2.16. The summed E-state index contributed by atoms with van der Waals surface area (Å²) in [6, 6.07) is 12.0. The van der Waals surface area contributed by atoms with Gasteiger partial charge in [0.1, 0.15) is 23.0 Å². The molecule has 2 heterocycles. The number of anilines is 1. The van der Waals surface area contributed by atoms with Gasteiger partial charge in [0.15, 0.2) is 5.13 Å². The zero-order chi connectivity index (χ0) is 26.0. The first kappa shape index (κ1) is 25.2. The van der Waals surface area contributed by atoms with E-state index in [-0.39, 0.29) is 27.9 Å². The highest BCUT2D eigenvalue weighted by molar-refractivity contribution is 7.17. The van der Waals surface area contributed by atoms with Gasteiger partial charge < -0.3 is 14.6 Å². The highest BCUT2D eigenvalue weighted by Crippen LogP contribution is 2.44. The molecule has 36 heavy (non-hydrogen) atoms. The van der Waals surface area contributed by atoms with Crippen molar-refractivity contribution in [1.82, 2.24) is 4.98 Å². The van der Waals surface area contributed by atoms with Gasteiger partial charge in [-0.2, -0.15) is 0 Å². The Morgan fingerprint density at radius 3 is 2.47 bits per heavy atom. The number of Topliss-reactive ketones (excluding diaryl/α,β-unsaturated/α-hetero) is 1. The smallest absolute Gasteiger partial charge is 0.350 e. The van der Waals surface area contributed by atoms with E-state index >= 15 is 0 Å². The van der Waals surface area contributed by atoms with Crippen LogP contribution < -0.4 is 9.64 Å². The van der Waals surface area contributed by atoms with Crippen LogP contribution in [0, 0.1) is 6.92 Å². The van der Waals surface area contributed by atoms with Crippen LogP contribution in [-0.2, 0) is 14.3 Å². The number of nitrogens with zero attached hydrogens (tertiary/aromatic N) is 2.